The lowest BCUT2D eigenvalue weighted by molar-refractivity contribution is -0.113. The van der Waals surface area contributed by atoms with Gasteiger partial charge in [-0.15, -0.1) is 11.8 Å². The second-order valence-electron chi connectivity index (χ2n) is 8.39. The number of benzene rings is 2. The molecule has 2 heterocycles. The highest BCUT2D eigenvalue weighted by Crippen LogP contribution is 2.35. The lowest BCUT2D eigenvalue weighted by Gasteiger charge is -2.15. The molecule has 2 aromatic carbocycles. The maximum absolute atomic E-state index is 13.4. The SMILES string of the molecule is Cc1ccc(-n2c(SCC(=O)Nc3c(C)cc(C)cc3C)nc3c(c2=O)SC(C)C3)cc1. The summed E-state index contributed by atoms with van der Waals surface area (Å²) >= 11 is 2.88. The number of carbonyl (C=O) groups is 1. The third-order valence-electron chi connectivity index (χ3n) is 5.45. The van der Waals surface area contributed by atoms with Crippen molar-refractivity contribution in [2.45, 2.75) is 56.3 Å². The van der Waals surface area contributed by atoms with E-state index in [0.717, 1.165) is 45.1 Å². The fourth-order valence-corrected chi connectivity index (χ4v) is 5.93. The van der Waals surface area contributed by atoms with E-state index in [1.54, 1.807) is 16.3 Å². The Morgan fingerprint density at radius 2 is 1.78 bits per heavy atom. The van der Waals surface area contributed by atoms with E-state index >= 15 is 0 Å². The van der Waals surface area contributed by atoms with E-state index < -0.39 is 0 Å². The molecule has 7 heteroatoms. The number of nitrogens with one attached hydrogen (secondary N) is 1. The number of hydrogen-bond acceptors (Lipinski definition) is 5. The second kappa shape index (κ2) is 9.16. The van der Waals surface area contributed by atoms with Crippen molar-refractivity contribution < 1.29 is 4.79 Å². The Kier molecular flexibility index (Phi) is 6.49. The molecule has 166 valence electrons. The smallest absolute Gasteiger partial charge is 0.272 e. The predicted molar refractivity (Wildman–Crippen MR) is 134 cm³/mol. The number of nitrogens with zero attached hydrogens (tertiary/aromatic N) is 2. The number of hydrogen-bond donors (Lipinski definition) is 1. The van der Waals surface area contributed by atoms with E-state index in [9.17, 15) is 9.59 Å². The largest absolute Gasteiger partial charge is 0.325 e. The quantitative estimate of drug-likeness (QED) is 0.413. The average molecular weight is 466 g/mol. The highest BCUT2D eigenvalue weighted by Gasteiger charge is 2.27. The molecule has 0 saturated heterocycles. The molecule has 1 amide bonds. The van der Waals surface area contributed by atoms with Crippen molar-refractivity contribution in [2.24, 2.45) is 0 Å². The van der Waals surface area contributed by atoms with Crippen LogP contribution in [0.15, 0.2) is 51.2 Å². The summed E-state index contributed by atoms with van der Waals surface area (Å²) in [6.07, 6.45) is 0.769. The van der Waals surface area contributed by atoms with Crippen LogP contribution in [0.2, 0.25) is 0 Å². The van der Waals surface area contributed by atoms with Crippen LogP contribution in [0.3, 0.4) is 0 Å². The third kappa shape index (κ3) is 4.64. The number of rotatable bonds is 5. The van der Waals surface area contributed by atoms with Crippen LogP contribution in [0.4, 0.5) is 5.69 Å². The van der Waals surface area contributed by atoms with Crippen LogP contribution < -0.4 is 10.9 Å². The molecule has 1 unspecified atom stereocenters. The molecular weight excluding hydrogens is 438 g/mol. The summed E-state index contributed by atoms with van der Waals surface area (Å²) in [7, 11) is 0. The molecule has 5 nitrogen and oxygen atoms in total. The highest BCUT2D eigenvalue weighted by molar-refractivity contribution is 8.00. The first-order valence-corrected chi connectivity index (χ1v) is 12.5. The molecule has 0 spiro atoms. The Bertz CT molecular complexity index is 1230. The molecule has 1 aromatic heterocycles. The number of carbonyl (C=O) groups excluding carboxylic acids is 1. The van der Waals surface area contributed by atoms with Crippen LogP contribution in [0.5, 0.6) is 0 Å². The zero-order valence-electron chi connectivity index (χ0n) is 19.0. The third-order valence-corrected chi connectivity index (χ3v) is 7.60. The van der Waals surface area contributed by atoms with Crippen LogP contribution in [0.1, 0.15) is 34.9 Å². The van der Waals surface area contributed by atoms with Crippen LogP contribution in [-0.4, -0.2) is 26.5 Å². The molecule has 1 N–H and O–H groups in total. The fourth-order valence-electron chi connectivity index (χ4n) is 4.00. The number of aryl methyl sites for hydroxylation is 4. The van der Waals surface area contributed by atoms with Crippen molar-refractivity contribution in [1.82, 2.24) is 9.55 Å². The van der Waals surface area contributed by atoms with E-state index in [1.807, 2.05) is 52.0 Å². The van der Waals surface area contributed by atoms with Crippen LogP contribution in [0.25, 0.3) is 5.69 Å². The monoisotopic (exact) mass is 465 g/mol. The summed E-state index contributed by atoms with van der Waals surface area (Å²) in [4.78, 5) is 31.7. The van der Waals surface area contributed by atoms with E-state index in [0.29, 0.717) is 10.4 Å². The predicted octanol–water partition coefficient (Wildman–Crippen LogP) is 5.23. The molecule has 32 heavy (non-hydrogen) atoms. The lowest BCUT2D eigenvalue weighted by Crippen LogP contribution is -2.24. The van der Waals surface area contributed by atoms with Gasteiger partial charge < -0.3 is 5.32 Å². The van der Waals surface area contributed by atoms with E-state index in [2.05, 4.69) is 24.4 Å². The molecule has 1 aliphatic rings. The number of amides is 1. The Balaban J connectivity index is 1.63. The molecule has 3 aromatic rings. The van der Waals surface area contributed by atoms with Gasteiger partial charge in [-0.1, -0.05) is 54.1 Å². The maximum atomic E-state index is 13.4. The topological polar surface area (TPSA) is 64.0 Å². The molecule has 0 bridgehead atoms. The van der Waals surface area contributed by atoms with Gasteiger partial charge in [-0.05, 0) is 51.0 Å². The van der Waals surface area contributed by atoms with Crippen LogP contribution in [-0.2, 0) is 11.2 Å². The van der Waals surface area contributed by atoms with Crippen LogP contribution >= 0.6 is 23.5 Å². The van der Waals surface area contributed by atoms with Gasteiger partial charge in [0.15, 0.2) is 5.16 Å². The fraction of sp³-hybridized carbons (Fsp3) is 0.320. The van der Waals surface area contributed by atoms with Gasteiger partial charge in [-0.3, -0.25) is 14.2 Å². The van der Waals surface area contributed by atoms with Crippen LogP contribution in [0, 0.1) is 27.7 Å². The van der Waals surface area contributed by atoms with Gasteiger partial charge >= 0.3 is 0 Å². The first kappa shape index (κ1) is 22.7. The zero-order valence-corrected chi connectivity index (χ0v) is 20.6. The van der Waals surface area contributed by atoms with Gasteiger partial charge in [0.25, 0.3) is 5.56 Å². The Labute approximate surface area is 197 Å². The molecule has 0 radical (unpaired) electrons. The second-order valence-corrected chi connectivity index (χ2v) is 10.8. The number of anilines is 1. The van der Waals surface area contributed by atoms with Gasteiger partial charge in [-0.25, -0.2) is 4.98 Å². The summed E-state index contributed by atoms with van der Waals surface area (Å²) < 4.78 is 1.64. The first-order valence-electron chi connectivity index (χ1n) is 10.6. The number of fused-ring (bicyclic) bond motifs is 1. The average Bonchev–Trinajstić information content (AvgIpc) is 3.11. The molecular formula is C25H27N3O2S2. The van der Waals surface area contributed by atoms with Gasteiger partial charge in [0.2, 0.25) is 5.91 Å². The van der Waals surface area contributed by atoms with E-state index in [4.69, 9.17) is 4.98 Å². The number of aromatic nitrogens is 2. The lowest BCUT2D eigenvalue weighted by atomic mass is 10.1. The molecule has 0 saturated carbocycles. The normalized spacial score (nSPS) is 15.0. The highest BCUT2D eigenvalue weighted by atomic mass is 32.2. The van der Waals surface area contributed by atoms with Gasteiger partial charge in [-0.2, -0.15) is 0 Å². The number of thioether (sulfide) groups is 2. The van der Waals surface area contributed by atoms with Crippen molar-refractivity contribution in [2.75, 3.05) is 11.1 Å². The molecule has 4 rings (SSSR count). The molecule has 1 aliphatic heterocycles. The Hall–Kier alpha value is -2.51. The van der Waals surface area contributed by atoms with E-state index in [1.165, 1.54) is 17.3 Å². The van der Waals surface area contributed by atoms with Crippen molar-refractivity contribution in [1.29, 1.82) is 0 Å². The van der Waals surface area contributed by atoms with Gasteiger partial charge in [0.05, 0.1) is 22.0 Å². The molecule has 0 aliphatic carbocycles. The minimum atomic E-state index is -0.113. The standard InChI is InChI=1S/C25H27N3O2S2/c1-14-6-8-19(9-7-14)28-24(30)23-20(12-18(5)32-23)26-25(28)31-13-21(29)27-22-16(3)10-15(2)11-17(22)4/h6-11,18H,12-13H2,1-5H3,(H,27,29). The summed E-state index contributed by atoms with van der Waals surface area (Å²) in [6.45, 7) is 10.2. The summed E-state index contributed by atoms with van der Waals surface area (Å²) in [6, 6.07) is 11.9. The van der Waals surface area contributed by atoms with E-state index in [-0.39, 0.29) is 17.2 Å². The summed E-state index contributed by atoms with van der Waals surface area (Å²) in [5.41, 5.74) is 6.78. The summed E-state index contributed by atoms with van der Waals surface area (Å²) in [5, 5.41) is 3.92. The van der Waals surface area contributed by atoms with Crippen molar-refractivity contribution >= 4 is 35.1 Å². The van der Waals surface area contributed by atoms with Crippen molar-refractivity contribution in [3.63, 3.8) is 0 Å². The molecule has 1 atom stereocenters. The minimum Gasteiger partial charge on any atom is -0.325 e. The Morgan fingerprint density at radius 1 is 1.12 bits per heavy atom. The van der Waals surface area contributed by atoms with Crippen molar-refractivity contribution in [3.8, 4) is 5.69 Å². The Morgan fingerprint density at radius 3 is 2.44 bits per heavy atom. The zero-order chi connectivity index (χ0) is 23.0. The summed E-state index contributed by atoms with van der Waals surface area (Å²) in [5.74, 6) is 0.0602. The molecule has 0 fully saturated rings. The van der Waals surface area contributed by atoms with Crippen molar-refractivity contribution in [3.05, 3.63) is 74.7 Å². The maximum Gasteiger partial charge on any atom is 0.272 e. The minimum absolute atomic E-state index is 0.0543. The first-order chi connectivity index (χ1) is 15.2. The van der Waals surface area contributed by atoms with Gasteiger partial charge in [0.1, 0.15) is 0 Å². The van der Waals surface area contributed by atoms with Gasteiger partial charge in [0, 0.05) is 17.4 Å².